The monoisotopic (exact) mass is 333 g/mol. The van der Waals surface area contributed by atoms with Gasteiger partial charge in [-0.15, -0.1) is 0 Å². The Balaban J connectivity index is 1.92. The molecule has 108 valence electrons. The number of hydrogen-bond donors (Lipinski definition) is 3. The SMILES string of the molecule is CC1N=C(N)NC(NCCc2cc(Cl)c(Cl)cc2Cl)=N1. The highest BCUT2D eigenvalue weighted by molar-refractivity contribution is 6.43. The van der Waals surface area contributed by atoms with Crippen LogP contribution in [0, 0.1) is 0 Å². The molecule has 2 rings (SSSR count). The summed E-state index contributed by atoms with van der Waals surface area (Å²) in [5.74, 6) is 0.948. The lowest BCUT2D eigenvalue weighted by atomic mass is 10.1. The molecule has 1 aliphatic rings. The van der Waals surface area contributed by atoms with Crippen molar-refractivity contribution in [2.24, 2.45) is 15.7 Å². The molecular weight excluding hydrogens is 321 g/mol. The molecule has 1 aliphatic heterocycles. The van der Waals surface area contributed by atoms with Crippen molar-refractivity contribution in [3.05, 3.63) is 32.8 Å². The van der Waals surface area contributed by atoms with Crippen LogP contribution >= 0.6 is 34.8 Å². The average molecular weight is 335 g/mol. The van der Waals surface area contributed by atoms with Gasteiger partial charge in [0, 0.05) is 11.6 Å². The molecule has 0 radical (unpaired) electrons. The van der Waals surface area contributed by atoms with E-state index in [2.05, 4.69) is 20.6 Å². The zero-order valence-electron chi connectivity index (χ0n) is 10.8. The van der Waals surface area contributed by atoms with Crippen molar-refractivity contribution >= 4 is 46.7 Å². The highest BCUT2D eigenvalue weighted by atomic mass is 35.5. The Morgan fingerprint density at radius 1 is 1.20 bits per heavy atom. The summed E-state index contributed by atoms with van der Waals surface area (Å²) < 4.78 is 0. The number of nitrogens with zero attached hydrogens (tertiary/aromatic N) is 2. The minimum absolute atomic E-state index is 0.188. The van der Waals surface area contributed by atoms with E-state index in [0.29, 0.717) is 40.0 Å². The fourth-order valence-electron chi connectivity index (χ4n) is 1.76. The second kappa shape index (κ2) is 6.52. The van der Waals surface area contributed by atoms with E-state index in [1.165, 1.54) is 0 Å². The molecular formula is C12H14Cl3N5. The zero-order chi connectivity index (χ0) is 14.7. The van der Waals surface area contributed by atoms with Crippen molar-refractivity contribution in [2.75, 3.05) is 6.54 Å². The molecule has 0 amide bonds. The van der Waals surface area contributed by atoms with Crippen molar-refractivity contribution in [1.82, 2.24) is 10.6 Å². The van der Waals surface area contributed by atoms with Crippen LogP contribution in [0.1, 0.15) is 12.5 Å². The van der Waals surface area contributed by atoms with E-state index in [0.717, 1.165) is 5.56 Å². The van der Waals surface area contributed by atoms with Crippen LogP contribution in [0.2, 0.25) is 15.1 Å². The molecule has 0 fully saturated rings. The summed E-state index contributed by atoms with van der Waals surface area (Å²) >= 11 is 18.0. The molecule has 1 aromatic carbocycles. The number of nitrogens with two attached hydrogens (primary N) is 1. The number of nitrogens with one attached hydrogen (secondary N) is 2. The Bertz CT molecular complexity index is 570. The highest BCUT2D eigenvalue weighted by Gasteiger charge is 2.11. The minimum Gasteiger partial charge on any atom is -0.370 e. The van der Waals surface area contributed by atoms with Crippen LogP contribution < -0.4 is 16.4 Å². The molecule has 0 aliphatic carbocycles. The van der Waals surface area contributed by atoms with Crippen molar-refractivity contribution in [2.45, 2.75) is 19.5 Å². The van der Waals surface area contributed by atoms with Gasteiger partial charge in [-0.25, -0.2) is 9.98 Å². The van der Waals surface area contributed by atoms with Crippen LogP contribution in [-0.2, 0) is 6.42 Å². The number of aliphatic imine (C=N–C) groups is 2. The van der Waals surface area contributed by atoms with Crippen LogP contribution in [0.4, 0.5) is 0 Å². The molecule has 0 saturated heterocycles. The first-order valence-corrected chi connectivity index (χ1v) is 7.14. The van der Waals surface area contributed by atoms with Gasteiger partial charge in [-0.3, -0.25) is 5.32 Å². The number of guanidine groups is 2. The van der Waals surface area contributed by atoms with Gasteiger partial charge in [0.05, 0.1) is 10.0 Å². The Hall–Kier alpha value is -1.17. The molecule has 4 N–H and O–H groups in total. The van der Waals surface area contributed by atoms with Gasteiger partial charge in [0.2, 0.25) is 0 Å². The predicted molar refractivity (Wildman–Crippen MR) is 84.8 cm³/mol. The average Bonchev–Trinajstić information content (AvgIpc) is 2.34. The summed E-state index contributed by atoms with van der Waals surface area (Å²) in [6.45, 7) is 2.48. The second-order valence-electron chi connectivity index (χ2n) is 4.28. The summed E-state index contributed by atoms with van der Waals surface area (Å²) in [6, 6.07) is 3.41. The highest BCUT2D eigenvalue weighted by Crippen LogP contribution is 2.28. The first-order valence-electron chi connectivity index (χ1n) is 6.01. The Labute approximate surface area is 132 Å². The third kappa shape index (κ3) is 3.91. The molecule has 0 bridgehead atoms. The van der Waals surface area contributed by atoms with Gasteiger partial charge < -0.3 is 11.1 Å². The maximum absolute atomic E-state index is 6.11. The van der Waals surface area contributed by atoms with Gasteiger partial charge in [0.1, 0.15) is 6.17 Å². The third-order valence-corrected chi connectivity index (χ3v) is 3.74. The van der Waals surface area contributed by atoms with Crippen LogP contribution in [0.5, 0.6) is 0 Å². The van der Waals surface area contributed by atoms with Gasteiger partial charge in [-0.05, 0) is 31.0 Å². The van der Waals surface area contributed by atoms with E-state index in [1.807, 2.05) is 6.92 Å². The summed E-state index contributed by atoms with van der Waals surface area (Å²) in [4.78, 5) is 8.30. The van der Waals surface area contributed by atoms with Crippen molar-refractivity contribution in [1.29, 1.82) is 0 Å². The lowest BCUT2D eigenvalue weighted by Gasteiger charge is -2.18. The smallest absolute Gasteiger partial charge is 0.200 e. The number of rotatable bonds is 3. The molecule has 0 saturated carbocycles. The van der Waals surface area contributed by atoms with E-state index in [1.54, 1.807) is 12.1 Å². The predicted octanol–water partition coefficient (Wildman–Crippen LogP) is 2.40. The van der Waals surface area contributed by atoms with Gasteiger partial charge in [0.25, 0.3) is 0 Å². The Morgan fingerprint density at radius 2 is 1.90 bits per heavy atom. The molecule has 0 aromatic heterocycles. The first-order chi connectivity index (χ1) is 9.45. The van der Waals surface area contributed by atoms with Gasteiger partial charge in [-0.2, -0.15) is 0 Å². The third-order valence-electron chi connectivity index (χ3n) is 2.66. The number of hydrogen-bond acceptors (Lipinski definition) is 5. The van der Waals surface area contributed by atoms with Crippen molar-refractivity contribution in [3.63, 3.8) is 0 Å². The summed E-state index contributed by atoms with van der Waals surface area (Å²) in [7, 11) is 0. The van der Waals surface area contributed by atoms with Crippen LogP contribution in [0.3, 0.4) is 0 Å². The zero-order valence-corrected chi connectivity index (χ0v) is 13.0. The number of benzene rings is 1. The molecule has 1 unspecified atom stereocenters. The van der Waals surface area contributed by atoms with Crippen LogP contribution in [-0.4, -0.2) is 24.6 Å². The fourth-order valence-corrected chi connectivity index (χ4v) is 2.43. The van der Waals surface area contributed by atoms with Gasteiger partial charge in [0.15, 0.2) is 11.9 Å². The van der Waals surface area contributed by atoms with Crippen LogP contribution in [0.25, 0.3) is 0 Å². The Morgan fingerprint density at radius 3 is 2.60 bits per heavy atom. The van der Waals surface area contributed by atoms with E-state index >= 15 is 0 Å². The molecule has 1 aromatic rings. The topological polar surface area (TPSA) is 74.8 Å². The maximum atomic E-state index is 6.11. The second-order valence-corrected chi connectivity index (χ2v) is 5.51. The quantitative estimate of drug-likeness (QED) is 0.743. The lowest BCUT2D eigenvalue weighted by Crippen LogP contribution is -2.48. The van der Waals surface area contributed by atoms with Gasteiger partial charge in [-0.1, -0.05) is 34.8 Å². The molecule has 1 heterocycles. The largest absolute Gasteiger partial charge is 0.370 e. The standard InChI is InChI=1S/C12H14Cl3N5/c1-6-18-11(16)20-12(19-6)17-3-2-7-4-9(14)10(15)5-8(7)13/h4-6H,2-3H2,1H3,(H4,16,17,18,19,20). The fraction of sp³-hybridized carbons (Fsp3) is 0.333. The van der Waals surface area contributed by atoms with E-state index in [9.17, 15) is 0 Å². The molecule has 8 heteroatoms. The van der Waals surface area contributed by atoms with Crippen molar-refractivity contribution < 1.29 is 0 Å². The Kier molecular flexibility index (Phi) is 4.96. The first kappa shape index (κ1) is 15.2. The van der Waals surface area contributed by atoms with E-state index in [-0.39, 0.29) is 6.17 Å². The lowest BCUT2D eigenvalue weighted by molar-refractivity contribution is 0.736. The number of halogens is 3. The molecule has 1 atom stereocenters. The summed E-state index contributed by atoms with van der Waals surface area (Å²) in [5.41, 5.74) is 6.54. The molecule has 5 nitrogen and oxygen atoms in total. The molecule has 0 spiro atoms. The van der Waals surface area contributed by atoms with Crippen LogP contribution in [0.15, 0.2) is 22.1 Å². The van der Waals surface area contributed by atoms with Crippen molar-refractivity contribution in [3.8, 4) is 0 Å². The summed E-state index contributed by atoms with van der Waals surface area (Å²) in [6.07, 6.45) is 0.495. The molecule has 20 heavy (non-hydrogen) atoms. The van der Waals surface area contributed by atoms with E-state index in [4.69, 9.17) is 40.5 Å². The maximum Gasteiger partial charge on any atom is 0.200 e. The minimum atomic E-state index is -0.188. The summed E-state index contributed by atoms with van der Waals surface area (Å²) in [5, 5.41) is 7.52. The van der Waals surface area contributed by atoms with E-state index < -0.39 is 0 Å². The van der Waals surface area contributed by atoms with Gasteiger partial charge >= 0.3 is 0 Å². The normalized spacial score (nSPS) is 18.1.